The van der Waals surface area contributed by atoms with Crippen molar-refractivity contribution in [3.05, 3.63) is 34.9 Å². The third-order valence-electron chi connectivity index (χ3n) is 2.99. The minimum Gasteiger partial charge on any atom is -0.330 e. The van der Waals surface area contributed by atoms with Gasteiger partial charge in [-0.05, 0) is 55.0 Å². The maximum atomic E-state index is 13.2. The third-order valence-corrected chi connectivity index (χ3v) is 2.99. The summed E-state index contributed by atoms with van der Waals surface area (Å²) in [5.74, 6) is -0.994. The molecular weight excluding hydrogens is 208 g/mol. The van der Waals surface area contributed by atoms with Crippen LogP contribution in [-0.2, 0) is 0 Å². The fourth-order valence-corrected chi connectivity index (χ4v) is 2.09. The lowest BCUT2D eigenvalue weighted by Gasteiger charge is -2.22. The van der Waals surface area contributed by atoms with Gasteiger partial charge in [0.2, 0.25) is 0 Å². The van der Waals surface area contributed by atoms with E-state index in [9.17, 15) is 8.78 Å². The van der Waals surface area contributed by atoms with Gasteiger partial charge in [-0.15, -0.1) is 0 Å². The Bertz CT molecular complexity index is 361. The highest BCUT2D eigenvalue weighted by atomic mass is 19.2. The zero-order valence-electron chi connectivity index (χ0n) is 10.1. The summed E-state index contributed by atoms with van der Waals surface area (Å²) in [6.45, 7) is 6.51. The monoisotopic (exact) mass is 227 g/mol. The van der Waals surface area contributed by atoms with E-state index in [-0.39, 0.29) is 5.92 Å². The molecule has 1 aromatic rings. The summed E-state index contributed by atoms with van der Waals surface area (Å²) in [6.07, 6.45) is 0.795. The van der Waals surface area contributed by atoms with Gasteiger partial charge in [0.25, 0.3) is 0 Å². The van der Waals surface area contributed by atoms with Crippen LogP contribution in [0.25, 0.3) is 0 Å². The SMILES string of the molecule is Cc1cc(F)c(F)cc1C(CCN)C(C)C. The normalized spacial score (nSPS) is 13.2. The molecule has 0 heterocycles. The minimum atomic E-state index is -0.781. The van der Waals surface area contributed by atoms with Crippen molar-refractivity contribution in [2.75, 3.05) is 6.54 Å². The van der Waals surface area contributed by atoms with E-state index in [4.69, 9.17) is 5.73 Å². The number of rotatable bonds is 4. The van der Waals surface area contributed by atoms with Crippen molar-refractivity contribution in [3.63, 3.8) is 0 Å². The van der Waals surface area contributed by atoms with Crippen molar-refractivity contribution in [2.24, 2.45) is 11.7 Å². The van der Waals surface area contributed by atoms with Crippen molar-refractivity contribution >= 4 is 0 Å². The maximum Gasteiger partial charge on any atom is 0.159 e. The standard InChI is InChI=1S/C13H19F2N/c1-8(2)10(4-5-16)11-7-13(15)12(14)6-9(11)3/h6-8,10H,4-5,16H2,1-3H3. The Hall–Kier alpha value is -0.960. The fourth-order valence-electron chi connectivity index (χ4n) is 2.09. The molecule has 3 heteroatoms. The maximum absolute atomic E-state index is 13.2. The molecule has 0 saturated heterocycles. The second-order valence-electron chi connectivity index (χ2n) is 4.55. The molecular formula is C13H19F2N. The predicted octanol–water partition coefficient (Wildman–Crippen LogP) is 3.36. The molecule has 0 aliphatic heterocycles. The van der Waals surface area contributed by atoms with Crippen LogP contribution in [0.1, 0.15) is 37.3 Å². The van der Waals surface area contributed by atoms with Crippen molar-refractivity contribution in [1.82, 2.24) is 0 Å². The van der Waals surface area contributed by atoms with Crippen LogP contribution in [0.5, 0.6) is 0 Å². The Morgan fingerprint density at radius 2 is 1.75 bits per heavy atom. The molecule has 0 aromatic heterocycles. The molecule has 90 valence electrons. The quantitative estimate of drug-likeness (QED) is 0.838. The van der Waals surface area contributed by atoms with Gasteiger partial charge in [0.1, 0.15) is 0 Å². The molecule has 0 amide bonds. The summed E-state index contributed by atoms with van der Waals surface area (Å²) in [5.41, 5.74) is 7.23. The van der Waals surface area contributed by atoms with E-state index in [1.165, 1.54) is 12.1 Å². The Morgan fingerprint density at radius 1 is 1.19 bits per heavy atom. The molecule has 0 spiro atoms. The number of benzene rings is 1. The number of hydrogen-bond acceptors (Lipinski definition) is 1. The van der Waals surface area contributed by atoms with Crippen molar-refractivity contribution in [2.45, 2.75) is 33.1 Å². The lowest BCUT2D eigenvalue weighted by atomic mass is 9.83. The van der Waals surface area contributed by atoms with Crippen LogP contribution in [0.15, 0.2) is 12.1 Å². The van der Waals surface area contributed by atoms with E-state index in [0.29, 0.717) is 12.5 Å². The molecule has 0 radical (unpaired) electrons. The lowest BCUT2D eigenvalue weighted by Crippen LogP contribution is -2.14. The van der Waals surface area contributed by atoms with Crippen LogP contribution in [0, 0.1) is 24.5 Å². The van der Waals surface area contributed by atoms with Gasteiger partial charge < -0.3 is 5.73 Å². The summed E-state index contributed by atoms with van der Waals surface area (Å²) in [6, 6.07) is 2.57. The van der Waals surface area contributed by atoms with Gasteiger partial charge in [-0.2, -0.15) is 0 Å². The molecule has 0 aliphatic carbocycles. The van der Waals surface area contributed by atoms with Crippen LogP contribution in [0.3, 0.4) is 0 Å². The Labute approximate surface area is 95.7 Å². The van der Waals surface area contributed by atoms with E-state index in [0.717, 1.165) is 17.5 Å². The zero-order valence-corrected chi connectivity index (χ0v) is 10.1. The third kappa shape index (κ3) is 2.79. The van der Waals surface area contributed by atoms with Crippen molar-refractivity contribution in [3.8, 4) is 0 Å². The highest BCUT2D eigenvalue weighted by Gasteiger charge is 2.19. The summed E-state index contributed by atoms with van der Waals surface area (Å²) in [7, 11) is 0. The molecule has 1 unspecified atom stereocenters. The average Bonchev–Trinajstić information content (AvgIpc) is 2.20. The predicted molar refractivity (Wildman–Crippen MR) is 62.3 cm³/mol. The van der Waals surface area contributed by atoms with Gasteiger partial charge in [-0.3, -0.25) is 0 Å². The zero-order chi connectivity index (χ0) is 12.3. The molecule has 1 rings (SSSR count). The van der Waals surface area contributed by atoms with Gasteiger partial charge >= 0.3 is 0 Å². The van der Waals surface area contributed by atoms with E-state index >= 15 is 0 Å². The van der Waals surface area contributed by atoms with Crippen molar-refractivity contribution in [1.29, 1.82) is 0 Å². The van der Waals surface area contributed by atoms with E-state index in [1.54, 1.807) is 0 Å². The smallest absolute Gasteiger partial charge is 0.159 e. The first-order valence-corrected chi connectivity index (χ1v) is 5.63. The fraction of sp³-hybridized carbons (Fsp3) is 0.538. The van der Waals surface area contributed by atoms with E-state index < -0.39 is 11.6 Å². The number of aryl methyl sites for hydroxylation is 1. The van der Waals surface area contributed by atoms with Crippen LogP contribution in [0.2, 0.25) is 0 Å². The first kappa shape index (κ1) is 13.1. The lowest BCUT2D eigenvalue weighted by molar-refractivity contribution is 0.460. The average molecular weight is 227 g/mol. The van der Waals surface area contributed by atoms with Crippen LogP contribution >= 0.6 is 0 Å². The molecule has 1 aromatic carbocycles. The van der Waals surface area contributed by atoms with E-state index in [1.807, 2.05) is 6.92 Å². The summed E-state index contributed by atoms with van der Waals surface area (Å²) < 4.78 is 26.2. The second-order valence-corrected chi connectivity index (χ2v) is 4.55. The number of nitrogens with two attached hydrogens (primary N) is 1. The topological polar surface area (TPSA) is 26.0 Å². The molecule has 1 atom stereocenters. The Morgan fingerprint density at radius 3 is 2.25 bits per heavy atom. The van der Waals surface area contributed by atoms with Crippen LogP contribution < -0.4 is 5.73 Å². The van der Waals surface area contributed by atoms with Gasteiger partial charge in [0.15, 0.2) is 11.6 Å². The molecule has 16 heavy (non-hydrogen) atoms. The van der Waals surface area contributed by atoms with Gasteiger partial charge in [-0.25, -0.2) is 8.78 Å². The van der Waals surface area contributed by atoms with Gasteiger partial charge in [-0.1, -0.05) is 13.8 Å². The van der Waals surface area contributed by atoms with E-state index in [2.05, 4.69) is 13.8 Å². The molecule has 0 aliphatic rings. The Kier molecular flexibility index (Phi) is 4.42. The number of hydrogen-bond donors (Lipinski definition) is 1. The van der Waals surface area contributed by atoms with Crippen LogP contribution in [0.4, 0.5) is 8.78 Å². The second kappa shape index (κ2) is 5.39. The summed E-state index contributed by atoms with van der Waals surface area (Å²) >= 11 is 0. The largest absolute Gasteiger partial charge is 0.330 e. The molecule has 2 N–H and O–H groups in total. The molecule has 1 nitrogen and oxygen atoms in total. The highest BCUT2D eigenvalue weighted by Crippen LogP contribution is 2.31. The van der Waals surface area contributed by atoms with Crippen LogP contribution in [-0.4, -0.2) is 6.54 Å². The van der Waals surface area contributed by atoms with Gasteiger partial charge in [0.05, 0.1) is 0 Å². The number of halogens is 2. The first-order chi connectivity index (χ1) is 7.47. The van der Waals surface area contributed by atoms with Crippen molar-refractivity contribution < 1.29 is 8.78 Å². The first-order valence-electron chi connectivity index (χ1n) is 5.63. The molecule has 0 saturated carbocycles. The molecule has 0 bridgehead atoms. The van der Waals surface area contributed by atoms with Gasteiger partial charge in [0, 0.05) is 0 Å². The highest BCUT2D eigenvalue weighted by molar-refractivity contribution is 5.31. The molecule has 0 fully saturated rings. The summed E-state index contributed by atoms with van der Waals surface area (Å²) in [5, 5.41) is 0. The Balaban J connectivity index is 3.13. The minimum absolute atomic E-state index is 0.195. The summed E-state index contributed by atoms with van der Waals surface area (Å²) in [4.78, 5) is 0.